The van der Waals surface area contributed by atoms with Gasteiger partial charge in [-0.2, -0.15) is 4.99 Å². The molecule has 72 valence electrons. The number of aliphatic imine (C=N–C) groups is 1. The summed E-state index contributed by atoms with van der Waals surface area (Å²) in [6.07, 6.45) is 2.61. The molecule has 1 aliphatic rings. The molecule has 0 aromatic heterocycles. The van der Waals surface area contributed by atoms with Crippen molar-refractivity contribution in [3.63, 3.8) is 0 Å². The van der Waals surface area contributed by atoms with Crippen LogP contribution in [0.4, 0.5) is 11.4 Å². The van der Waals surface area contributed by atoms with Crippen molar-refractivity contribution in [3.05, 3.63) is 23.8 Å². The molecule has 3 nitrogen and oxygen atoms in total. The van der Waals surface area contributed by atoms with Gasteiger partial charge >= 0.3 is 0 Å². The zero-order valence-electron chi connectivity index (χ0n) is 8.16. The number of nitrogens with zero attached hydrogens (tertiary/aromatic N) is 2. The second kappa shape index (κ2) is 3.64. The lowest BCUT2D eigenvalue weighted by Crippen LogP contribution is -2.18. The van der Waals surface area contributed by atoms with Crippen LogP contribution < -0.4 is 4.90 Å². The Morgan fingerprint density at radius 1 is 1.57 bits per heavy atom. The summed E-state index contributed by atoms with van der Waals surface area (Å²) in [4.78, 5) is 16.0. The van der Waals surface area contributed by atoms with Gasteiger partial charge in [0.25, 0.3) is 0 Å². The van der Waals surface area contributed by atoms with E-state index in [1.165, 1.54) is 11.3 Å². The first kappa shape index (κ1) is 8.97. The predicted octanol–water partition coefficient (Wildman–Crippen LogP) is 2.04. The number of hydrogen-bond acceptors (Lipinski definition) is 3. The third kappa shape index (κ3) is 1.42. The van der Waals surface area contributed by atoms with Crippen LogP contribution in [0.1, 0.15) is 12.5 Å². The van der Waals surface area contributed by atoms with E-state index in [2.05, 4.69) is 16.8 Å². The summed E-state index contributed by atoms with van der Waals surface area (Å²) in [6, 6.07) is 5.86. The molecule has 3 heteroatoms. The van der Waals surface area contributed by atoms with E-state index in [1.807, 2.05) is 18.2 Å². The molecule has 0 amide bonds. The molecule has 2 rings (SSSR count). The van der Waals surface area contributed by atoms with Crippen LogP contribution in [0, 0.1) is 0 Å². The fraction of sp³-hybridized carbons (Fsp3) is 0.364. The van der Waals surface area contributed by atoms with Crippen molar-refractivity contribution >= 4 is 17.5 Å². The van der Waals surface area contributed by atoms with E-state index in [1.54, 1.807) is 6.08 Å². The normalized spacial score (nSPS) is 13.6. The topological polar surface area (TPSA) is 32.7 Å². The Hall–Kier alpha value is -1.60. The maximum absolute atomic E-state index is 10.1. The minimum Gasteiger partial charge on any atom is -0.371 e. The molecule has 1 aromatic rings. The van der Waals surface area contributed by atoms with E-state index in [0.29, 0.717) is 5.69 Å². The lowest BCUT2D eigenvalue weighted by molar-refractivity contribution is 0.565. The quantitative estimate of drug-likeness (QED) is 0.525. The van der Waals surface area contributed by atoms with Crippen molar-refractivity contribution in [1.29, 1.82) is 0 Å². The van der Waals surface area contributed by atoms with Crippen LogP contribution in [0.5, 0.6) is 0 Å². The zero-order chi connectivity index (χ0) is 9.97. The van der Waals surface area contributed by atoms with Crippen LogP contribution in [0.25, 0.3) is 0 Å². The molecule has 0 aliphatic carbocycles. The number of carbonyl (C=O) groups excluding carboxylic acids is 1. The SMILES string of the molecule is CCN1CCc2cc(N=C=O)ccc21. The lowest BCUT2D eigenvalue weighted by atomic mass is 10.1. The number of rotatable bonds is 2. The molecule has 1 aliphatic heterocycles. The molecule has 0 N–H and O–H groups in total. The van der Waals surface area contributed by atoms with Crippen molar-refractivity contribution in [2.75, 3.05) is 18.0 Å². The van der Waals surface area contributed by atoms with Crippen molar-refractivity contribution in [2.24, 2.45) is 4.99 Å². The molecule has 14 heavy (non-hydrogen) atoms. The standard InChI is InChI=1S/C11H12N2O/c1-2-13-6-5-9-7-10(12-8-14)3-4-11(9)13/h3-4,7H,2,5-6H2,1H3. The van der Waals surface area contributed by atoms with Crippen molar-refractivity contribution in [2.45, 2.75) is 13.3 Å². The van der Waals surface area contributed by atoms with Gasteiger partial charge in [-0.25, -0.2) is 4.79 Å². The largest absolute Gasteiger partial charge is 0.371 e. The first-order valence-electron chi connectivity index (χ1n) is 4.81. The minimum absolute atomic E-state index is 0.705. The summed E-state index contributed by atoms with van der Waals surface area (Å²) in [5.41, 5.74) is 3.26. The third-order valence-corrected chi connectivity index (χ3v) is 2.61. The Morgan fingerprint density at radius 3 is 3.14 bits per heavy atom. The van der Waals surface area contributed by atoms with E-state index in [4.69, 9.17) is 0 Å². The van der Waals surface area contributed by atoms with Gasteiger partial charge in [0.15, 0.2) is 0 Å². The molecule has 0 spiro atoms. The van der Waals surface area contributed by atoms with Gasteiger partial charge in [0.05, 0.1) is 5.69 Å². The number of isocyanates is 1. The number of hydrogen-bond donors (Lipinski definition) is 0. The van der Waals surface area contributed by atoms with Gasteiger partial charge in [0, 0.05) is 18.8 Å². The molecular formula is C11H12N2O. The number of benzene rings is 1. The Bertz CT molecular complexity index is 394. The van der Waals surface area contributed by atoms with Crippen LogP contribution in [-0.4, -0.2) is 19.2 Å². The molecule has 0 fully saturated rings. The van der Waals surface area contributed by atoms with E-state index in [0.717, 1.165) is 19.5 Å². The Balaban J connectivity index is 2.38. The predicted molar refractivity (Wildman–Crippen MR) is 55.8 cm³/mol. The molecule has 0 saturated heterocycles. The van der Waals surface area contributed by atoms with Crippen LogP contribution >= 0.6 is 0 Å². The summed E-state index contributed by atoms with van der Waals surface area (Å²) >= 11 is 0. The first-order chi connectivity index (χ1) is 6.85. The van der Waals surface area contributed by atoms with Crippen LogP contribution in [-0.2, 0) is 11.2 Å². The summed E-state index contributed by atoms with van der Waals surface area (Å²) in [5.74, 6) is 0. The average Bonchev–Trinajstić information content (AvgIpc) is 2.60. The molecule has 0 bridgehead atoms. The summed E-state index contributed by atoms with van der Waals surface area (Å²) in [7, 11) is 0. The molecule has 0 atom stereocenters. The summed E-state index contributed by atoms with van der Waals surface area (Å²) in [6.45, 7) is 4.25. The monoisotopic (exact) mass is 188 g/mol. The highest BCUT2D eigenvalue weighted by Crippen LogP contribution is 2.30. The molecule has 0 saturated carbocycles. The fourth-order valence-electron chi connectivity index (χ4n) is 1.91. The van der Waals surface area contributed by atoms with Gasteiger partial charge in [0.2, 0.25) is 6.08 Å². The van der Waals surface area contributed by atoms with Crippen molar-refractivity contribution in [1.82, 2.24) is 0 Å². The minimum atomic E-state index is 0.705. The van der Waals surface area contributed by atoms with Gasteiger partial charge in [0.1, 0.15) is 0 Å². The Labute approximate surface area is 83.1 Å². The number of likely N-dealkylation sites (N-methyl/N-ethyl adjacent to an activating group) is 1. The molecule has 1 heterocycles. The van der Waals surface area contributed by atoms with Crippen LogP contribution in [0.2, 0.25) is 0 Å². The second-order valence-corrected chi connectivity index (χ2v) is 3.35. The van der Waals surface area contributed by atoms with Crippen LogP contribution in [0.3, 0.4) is 0 Å². The average molecular weight is 188 g/mol. The van der Waals surface area contributed by atoms with Gasteiger partial charge in [-0.05, 0) is 37.1 Å². The highest BCUT2D eigenvalue weighted by atomic mass is 16.1. The van der Waals surface area contributed by atoms with E-state index < -0.39 is 0 Å². The second-order valence-electron chi connectivity index (χ2n) is 3.35. The van der Waals surface area contributed by atoms with E-state index in [-0.39, 0.29) is 0 Å². The van der Waals surface area contributed by atoms with Gasteiger partial charge in [-0.15, -0.1) is 0 Å². The first-order valence-corrected chi connectivity index (χ1v) is 4.81. The number of fused-ring (bicyclic) bond motifs is 1. The Morgan fingerprint density at radius 2 is 2.43 bits per heavy atom. The van der Waals surface area contributed by atoms with Crippen molar-refractivity contribution < 1.29 is 4.79 Å². The molecule has 0 unspecified atom stereocenters. The molecule has 0 radical (unpaired) electrons. The van der Waals surface area contributed by atoms with E-state index in [9.17, 15) is 4.79 Å². The smallest absolute Gasteiger partial charge is 0.240 e. The fourth-order valence-corrected chi connectivity index (χ4v) is 1.91. The lowest BCUT2D eigenvalue weighted by Gasteiger charge is -2.16. The summed E-state index contributed by atoms with van der Waals surface area (Å²) < 4.78 is 0. The van der Waals surface area contributed by atoms with Gasteiger partial charge in [-0.3, -0.25) is 0 Å². The third-order valence-electron chi connectivity index (χ3n) is 2.61. The molecular weight excluding hydrogens is 176 g/mol. The summed E-state index contributed by atoms with van der Waals surface area (Å²) in [5, 5.41) is 0. The van der Waals surface area contributed by atoms with Crippen molar-refractivity contribution in [3.8, 4) is 0 Å². The van der Waals surface area contributed by atoms with Crippen LogP contribution in [0.15, 0.2) is 23.2 Å². The van der Waals surface area contributed by atoms with E-state index >= 15 is 0 Å². The maximum atomic E-state index is 10.1. The molecule has 1 aromatic carbocycles. The van der Waals surface area contributed by atoms with Gasteiger partial charge < -0.3 is 4.90 Å². The highest BCUT2D eigenvalue weighted by Gasteiger charge is 2.17. The Kier molecular flexibility index (Phi) is 2.33. The zero-order valence-corrected chi connectivity index (χ0v) is 8.16. The highest BCUT2D eigenvalue weighted by molar-refractivity contribution is 5.64. The maximum Gasteiger partial charge on any atom is 0.240 e. The number of anilines is 1. The van der Waals surface area contributed by atoms with Gasteiger partial charge in [-0.1, -0.05) is 0 Å².